The highest BCUT2D eigenvalue weighted by Gasteiger charge is 2.40. The van der Waals surface area contributed by atoms with Crippen LogP contribution < -0.4 is 5.32 Å². The van der Waals surface area contributed by atoms with Crippen LogP contribution in [0.4, 0.5) is 0 Å². The molecule has 1 N–H and O–H groups in total. The number of nitrogens with one attached hydrogen (secondary N) is 1. The molecule has 0 amide bonds. The first-order valence-electron chi connectivity index (χ1n) is 8.38. The van der Waals surface area contributed by atoms with Crippen LogP contribution in [0.5, 0.6) is 0 Å². The summed E-state index contributed by atoms with van der Waals surface area (Å²) in [5, 5.41) is 4.58. The third kappa shape index (κ3) is 2.90. The number of thiazole rings is 1. The lowest BCUT2D eigenvalue weighted by molar-refractivity contribution is -0.0532. The van der Waals surface area contributed by atoms with Gasteiger partial charge in [0.05, 0.1) is 5.69 Å². The van der Waals surface area contributed by atoms with Gasteiger partial charge in [0.2, 0.25) is 0 Å². The summed E-state index contributed by atoms with van der Waals surface area (Å²) in [6.07, 6.45) is 8.58. The normalized spacial score (nSPS) is 32.9. The van der Waals surface area contributed by atoms with Crippen molar-refractivity contribution in [3.63, 3.8) is 0 Å². The molecule has 2 aliphatic carbocycles. The molecule has 1 aromatic rings. The summed E-state index contributed by atoms with van der Waals surface area (Å²) in [5.74, 6) is 1.43. The monoisotopic (exact) mass is 308 g/mol. The highest BCUT2D eigenvalue weighted by molar-refractivity contribution is 7.11. The zero-order valence-electron chi connectivity index (χ0n) is 13.6. The van der Waals surface area contributed by atoms with Crippen LogP contribution in [0.3, 0.4) is 0 Å². The van der Waals surface area contributed by atoms with Crippen molar-refractivity contribution in [3.8, 4) is 0 Å². The highest BCUT2D eigenvalue weighted by atomic mass is 32.1. The Labute approximate surface area is 132 Å². The van der Waals surface area contributed by atoms with Crippen molar-refractivity contribution < 1.29 is 4.74 Å². The molecule has 0 bridgehead atoms. The number of hydrogen-bond donors (Lipinski definition) is 1. The van der Waals surface area contributed by atoms with E-state index < -0.39 is 0 Å². The Morgan fingerprint density at radius 2 is 2.10 bits per heavy atom. The molecule has 1 fully saturated rings. The Kier molecular flexibility index (Phi) is 4.67. The topological polar surface area (TPSA) is 34.1 Å². The van der Waals surface area contributed by atoms with Crippen LogP contribution in [-0.2, 0) is 16.8 Å². The Morgan fingerprint density at radius 1 is 1.33 bits per heavy atom. The molecule has 4 heteroatoms. The number of aromatic nitrogens is 1. The summed E-state index contributed by atoms with van der Waals surface area (Å²) < 4.78 is 6.02. The van der Waals surface area contributed by atoms with Gasteiger partial charge in [0.15, 0.2) is 0 Å². The van der Waals surface area contributed by atoms with Gasteiger partial charge in [-0.05, 0) is 57.9 Å². The summed E-state index contributed by atoms with van der Waals surface area (Å²) in [6, 6.07) is 0. The fourth-order valence-electron chi connectivity index (χ4n) is 3.88. The van der Waals surface area contributed by atoms with Crippen LogP contribution >= 0.6 is 11.3 Å². The Bertz CT molecular complexity index is 477. The van der Waals surface area contributed by atoms with Crippen LogP contribution in [0, 0.1) is 5.92 Å². The van der Waals surface area contributed by atoms with E-state index in [-0.39, 0.29) is 5.60 Å². The number of likely N-dealkylation sites (N-methyl/N-ethyl adjacent to an activating group) is 1. The highest BCUT2D eigenvalue weighted by Crippen LogP contribution is 2.46. The summed E-state index contributed by atoms with van der Waals surface area (Å²) >= 11 is 1.93. The van der Waals surface area contributed by atoms with Gasteiger partial charge in [0, 0.05) is 24.4 Å². The Balaban J connectivity index is 1.89. The molecule has 1 heterocycles. The quantitative estimate of drug-likeness (QED) is 0.918. The number of fused-ring (bicyclic) bond motifs is 1. The zero-order chi connectivity index (χ0) is 14.9. The first-order valence-corrected chi connectivity index (χ1v) is 9.20. The molecular weight excluding hydrogens is 280 g/mol. The van der Waals surface area contributed by atoms with Crippen molar-refractivity contribution in [2.45, 2.75) is 63.4 Å². The third-order valence-corrected chi connectivity index (χ3v) is 6.70. The lowest BCUT2D eigenvalue weighted by atomic mass is 9.79. The van der Waals surface area contributed by atoms with Gasteiger partial charge in [-0.2, -0.15) is 0 Å². The number of aryl methyl sites for hydroxylation is 1. The minimum atomic E-state index is -0.0985. The van der Waals surface area contributed by atoms with E-state index >= 15 is 0 Å². The molecule has 1 unspecified atom stereocenters. The van der Waals surface area contributed by atoms with Gasteiger partial charge in [-0.1, -0.05) is 6.92 Å². The SMILES string of the molecule is CNCC1CCCc2sc(C3(OC)CCC(C)CC3)nc21. The lowest BCUT2D eigenvalue weighted by Gasteiger charge is -2.36. The maximum atomic E-state index is 6.02. The molecule has 0 saturated heterocycles. The molecule has 2 aliphatic rings. The second kappa shape index (κ2) is 6.35. The molecule has 0 aliphatic heterocycles. The molecule has 0 spiro atoms. The van der Waals surface area contributed by atoms with E-state index in [4.69, 9.17) is 9.72 Å². The predicted octanol–water partition coefficient (Wildman–Crippen LogP) is 3.83. The largest absolute Gasteiger partial charge is 0.371 e. The number of nitrogens with zero attached hydrogens (tertiary/aromatic N) is 1. The van der Waals surface area contributed by atoms with Gasteiger partial charge in [-0.25, -0.2) is 4.98 Å². The molecule has 0 radical (unpaired) electrons. The number of methoxy groups -OCH3 is 1. The van der Waals surface area contributed by atoms with Crippen molar-refractivity contribution >= 4 is 11.3 Å². The van der Waals surface area contributed by atoms with Gasteiger partial charge in [0.1, 0.15) is 10.6 Å². The first-order chi connectivity index (χ1) is 10.2. The van der Waals surface area contributed by atoms with E-state index in [1.165, 1.54) is 47.7 Å². The van der Waals surface area contributed by atoms with Crippen LogP contribution in [0.15, 0.2) is 0 Å². The molecule has 0 aromatic carbocycles. The second-order valence-electron chi connectivity index (χ2n) is 6.86. The second-order valence-corrected chi connectivity index (χ2v) is 7.94. The smallest absolute Gasteiger partial charge is 0.125 e. The predicted molar refractivity (Wildman–Crippen MR) is 88.0 cm³/mol. The molecule has 3 nitrogen and oxygen atoms in total. The number of rotatable bonds is 4. The first kappa shape index (κ1) is 15.4. The van der Waals surface area contributed by atoms with E-state index in [9.17, 15) is 0 Å². The van der Waals surface area contributed by atoms with E-state index in [2.05, 4.69) is 12.2 Å². The van der Waals surface area contributed by atoms with Crippen LogP contribution in [-0.4, -0.2) is 25.7 Å². The third-order valence-electron chi connectivity index (χ3n) is 5.38. The van der Waals surface area contributed by atoms with Gasteiger partial charge in [-0.3, -0.25) is 0 Å². The molecular formula is C17H28N2OS. The van der Waals surface area contributed by atoms with Crippen molar-refractivity contribution in [1.29, 1.82) is 0 Å². The van der Waals surface area contributed by atoms with Crippen LogP contribution in [0.1, 0.15) is 66.9 Å². The van der Waals surface area contributed by atoms with Gasteiger partial charge < -0.3 is 10.1 Å². The zero-order valence-corrected chi connectivity index (χ0v) is 14.4. The fraction of sp³-hybridized carbons (Fsp3) is 0.824. The van der Waals surface area contributed by atoms with E-state index in [1.807, 2.05) is 25.5 Å². The summed E-state index contributed by atoms with van der Waals surface area (Å²) in [7, 11) is 3.92. The average molecular weight is 308 g/mol. The summed E-state index contributed by atoms with van der Waals surface area (Å²) in [4.78, 5) is 6.62. The van der Waals surface area contributed by atoms with E-state index in [0.717, 1.165) is 25.3 Å². The van der Waals surface area contributed by atoms with E-state index in [0.29, 0.717) is 5.92 Å². The van der Waals surface area contributed by atoms with Crippen molar-refractivity contribution in [2.75, 3.05) is 20.7 Å². The minimum Gasteiger partial charge on any atom is -0.371 e. The Hall–Kier alpha value is -0.450. The van der Waals surface area contributed by atoms with Gasteiger partial charge in [-0.15, -0.1) is 11.3 Å². The number of hydrogen-bond acceptors (Lipinski definition) is 4. The van der Waals surface area contributed by atoms with Crippen molar-refractivity contribution in [3.05, 3.63) is 15.6 Å². The Morgan fingerprint density at radius 3 is 2.76 bits per heavy atom. The van der Waals surface area contributed by atoms with Crippen LogP contribution in [0.25, 0.3) is 0 Å². The summed E-state index contributed by atoms with van der Waals surface area (Å²) in [5.41, 5.74) is 1.27. The molecule has 118 valence electrons. The molecule has 3 rings (SSSR count). The number of ether oxygens (including phenoxy) is 1. The van der Waals surface area contributed by atoms with Gasteiger partial charge >= 0.3 is 0 Å². The van der Waals surface area contributed by atoms with Crippen LogP contribution in [0.2, 0.25) is 0 Å². The fourth-order valence-corrected chi connectivity index (χ4v) is 5.30. The molecule has 1 aromatic heterocycles. The van der Waals surface area contributed by atoms with E-state index in [1.54, 1.807) is 0 Å². The molecule has 1 saturated carbocycles. The van der Waals surface area contributed by atoms with Crippen molar-refractivity contribution in [1.82, 2.24) is 10.3 Å². The summed E-state index contributed by atoms with van der Waals surface area (Å²) in [6.45, 7) is 3.41. The van der Waals surface area contributed by atoms with Gasteiger partial charge in [0.25, 0.3) is 0 Å². The standard InChI is InChI=1S/C17H28N2OS/c1-12-7-9-17(20-3,10-8-12)16-19-15-13(11-18-2)5-4-6-14(15)21-16/h12-13,18H,4-11H2,1-3H3. The molecule has 21 heavy (non-hydrogen) atoms. The maximum absolute atomic E-state index is 6.02. The van der Waals surface area contributed by atoms with Crippen molar-refractivity contribution in [2.24, 2.45) is 5.92 Å². The lowest BCUT2D eigenvalue weighted by Crippen LogP contribution is -2.33. The maximum Gasteiger partial charge on any atom is 0.125 e. The average Bonchev–Trinajstić information content (AvgIpc) is 2.94. The minimum absolute atomic E-state index is 0.0985. The molecule has 1 atom stereocenters.